The predicted molar refractivity (Wildman–Crippen MR) is 80.8 cm³/mol. The number of nitrogens with zero attached hydrogens (tertiary/aromatic N) is 1. The van der Waals surface area contributed by atoms with E-state index in [1.807, 2.05) is 25.1 Å². The van der Waals surface area contributed by atoms with E-state index in [0.717, 1.165) is 5.39 Å². The van der Waals surface area contributed by atoms with Crippen LogP contribution in [-0.4, -0.2) is 42.1 Å². The molecule has 0 bridgehead atoms. The van der Waals surface area contributed by atoms with E-state index in [0.29, 0.717) is 24.1 Å². The van der Waals surface area contributed by atoms with E-state index in [1.54, 1.807) is 6.07 Å². The molecule has 1 aromatic carbocycles. The number of amides is 1. The number of carboxylic acid groups (broad SMARTS) is 1. The molecule has 0 radical (unpaired) electrons. The maximum Gasteiger partial charge on any atom is 0.323 e. The van der Waals surface area contributed by atoms with Gasteiger partial charge in [0.05, 0.1) is 6.61 Å². The topological polar surface area (TPSA) is 80.0 Å². The van der Waals surface area contributed by atoms with Crippen LogP contribution in [0.15, 0.2) is 28.7 Å². The molecule has 0 saturated carbocycles. The molecule has 0 aliphatic rings. The Morgan fingerprint density at radius 2 is 2.05 bits per heavy atom. The number of benzene rings is 1. The van der Waals surface area contributed by atoms with Gasteiger partial charge < -0.3 is 19.2 Å². The van der Waals surface area contributed by atoms with Crippen LogP contribution in [-0.2, 0) is 16.1 Å². The van der Waals surface area contributed by atoms with Gasteiger partial charge in [-0.3, -0.25) is 9.59 Å². The summed E-state index contributed by atoms with van der Waals surface area (Å²) in [6, 6.07) is 7.29. The number of ether oxygens (including phenoxy) is 1. The van der Waals surface area contributed by atoms with Gasteiger partial charge in [-0.1, -0.05) is 25.1 Å². The van der Waals surface area contributed by atoms with E-state index in [1.165, 1.54) is 12.0 Å². The molecule has 2 aromatic rings. The highest BCUT2D eigenvalue weighted by molar-refractivity contribution is 6.00. The Bertz CT molecular complexity index is 676. The Labute approximate surface area is 128 Å². The van der Waals surface area contributed by atoms with Crippen LogP contribution >= 0.6 is 0 Å². The lowest BCUT2D eigenvalue weighted by molar-refractivity contribution is -0.137. The van der Waals surface area contributed by atoms with Gasteiger partial charge in [0.15, 0.2) is 5.76 Å². The summed E-state index contributed by atoms with van der Waals surface area (Å²) in [7, 11) is 1.54. The Morgan fingerprint density at radius 3 is 2.68 bits per heavy atom. The highest BCUT2D eigenvalue weighted by atomic mass is 16.5. The van der Waals surface area contributed by atoms with Crippen LogP contribution < -0.4 is 0 Å². The summed E-state index contributed by atoms with van der Waals surface area (Å²) in [4.78, 5) is 24.9. The van der Waals surface area contributed by atoms with Gasteiger partial charge in [0, 0.05) is 24.6 Å². The van der Waals surface area contributed by atoms with Crippen molar-refractivity contribution in [1.29, 1.82) is 0 Å². The number of carbonyl (C=O) groups excluding carboxylic acids is 1. The summed E-state index contributed by atoms with van der Waals surface area (Å²) in [5, 5.41) is 9.77. The molecular formula is C16H19NO5. The SMILES string of the molecule is CCCN(CC(=O)O)C(=O)c1oc2ccccc2c1COC. The average molecular weight is 305 g/mol. The molecule has 0 atom stereocenters. The third-order valence-corrected chi connectivity index (χ3v) is 3.29. The molecule has 22 heavy (non-hydrogen) atoms. The first-order valence-electron chi connectivity index (χ1n) is 7.08. The molecule has 1 heterocycles. The summed E-state index contributed by atoms with van der Waals surface area (Å²) in [5.41, 5.74) is 1.24. The van der Waals surface area contributed by atoms with Gasteiger partial charge in [-0.05, 0) is 12.5 Å². The number of aliphatic carboxylic acids is 1. The minimum Gasteiger partial charge on any atom is -0.480 e. The molecule has 2 rings (SSSR count). The highest BCUT2D eigenvalue weighted by Crippen LogP contribution is 2.27. The van der Waals surface area contributed by atoms with Crippen LogP contribution in [0.3, 0.4) is 0 Å². The molecule has 6 heteroatoms. The van der Waals surface area contributed by atoms with E-state index in [9.17, 15) is 9.59 Å². The number of rotatable bonds is 7. The molecule has 0 aliphatic heterocycles. The number of carbonyl (C=O) groups is 2. The maximum absolute atomic E-state index is 12.6. The van der Waals surface area contributed by atoms with Crippen LogP contribution in [0, 0.1) is 0 Å². The van der Waals surface area contributed by atoms with E-state index < -0.39 is 11.9 Å². The van der Waals surface area contributed by atoms with Crippen molar-refractivity contribution in [1.82, 2.24) is 4.90 Å². The second-order valence-electron chi connectivity index (χ2n) is 4.96. The highest BCUT2D eigenvalue weighted by Gasteiger charge is 2.26. The van der Waals surface area contributed by atoms with Crippen molar-refractivity contribution in [3.8, 4) is 0 Å². The normalized spacial score (nSPS) is 10.8. The van der Waals surface area contributed by atoms with Gasteiger partial charge in [-0.15, -0.1) is 0 Å². The number of carboxylic acids is 1. The van der Waals surface area contributed by atoms with Crippen LogP contribution in [0.4, 0.5) is 0 Å². The van der Waals surface area contributed by atoms with Gasteiger partial charge in [0.25, 0.3) is 5.91 Å². The first kappa shape index (κ1) is 16.0. The lowest BCUT2D eigenvalue weighted by Crippen LogP contribution is -2.36. The van der Waals surface area contributed by atoms with E-state index in [-0.39, 0.29) is 18.9 Å². The van der Waals surface area contributed by atoms with Crippen molar-refractivity contribution in [2.75, 3.05) is 20.2 Å². The van der Waals surface area contributed by atoms with Crippen molar-refractivity contribution >= 4 is 22.8 Å². The van der Waals surface area contributed by atoms with Gasteiger partial charge in [0.2, 0.25) is 0 Å². The zero-order valence-corrected chi connectivity index (χ0v) is 12.7. The first-order chi connectivity index (χ1) is 10.6. The number of para-hydroxylation sites is 1. The first-order valence-corrected chi connectivity index (χ1v) is 7.08. The third kappa shape index (κ3) is 3.28. The van der Waals surface area contributed by atoms with Crippen molar-refractivity contribution in [3.63, 3.8) is 0 Å². The third-order valence-electron chi connectivity index (χ3n) is 3.29. The average Bonchev–Trinajstić information content (AvgIpc) is 2.85. The summed E-state index contributed by atoms with van der Waals surface area (Å²) < 4.78 is 10.8. The summed E-state index contributed by atoms with van der Waals surface area (Å²) >= 11 is 0. The van der Waals surface area contributed by atoms with Crippen LogP contribution in [0.1, 0.15) is 29.5 Å². The molecule has 0 fully saturated rings. The van der Waals surface area contributed by atoms with Crippen LogP contribution in [0.2, 0.25) is 0 Å². The standard InChI is InChI=1S/C16H19NO5/c1-3-8-17(9-14(18)19)16(20)15-12(10-21-2)11-6-4-5-7-13(11)22-15/h4-7H,3,8-10H2,1-2H3,(H,18,19). The monoisotopic (exact) mass is 305 g/mol. The molecule has 0 spiro atoms. The molecule has 0 aliphatic carbocycles. The zero-order valence-electron chi connectivity index (χ0n) is 12.7. The van der Waals surface area contributed by atoms with Crippen LogP contribution in [0.25, 0.3) is 11.0 Å². The molecule has 1 N–H and O–H groups in total. The lowest BCUT2D eigenvalue weighted by Gasteiger charge is -2.19. The van der Waals surface area contributed by atoms with E-state index in [2.05, 4.69) is 0 Å². The Morgan fingerprint density at radius 1 is 1.32 bits per heavy atom. The van der Waals surface area contributed by atoms with Crippen molar-refractivity contribution in [2.45, 2.75) is 20.0 Å². The minimum absolute atomic E-state index is 0.151. The Kier molecular flexibility index (Phi) is 5.16. The molecule has 6 nitrogen and oxygen atoms in total. The molecule has 1 aromatic heterocycles. The second-order valence-corrected chi connectivity index (χ2v) is 4.96. The van der Waals surface area contributed by atoms with Crippen molar-refractivity contribution in [3.05, 3.63) is 35.6 Å². The van der Waals surface area contributed by atoms with Crippen molar-refractivity contribution < 1.29 is 23.8 Å². The fourth-order valence-electron chi connectivity index (χ4n) is 2.39. The fourth-order valence-corrected chi connectivity index (χ4v) is 2.39. The quantitative estimate of drug-likeness (QED) is 0.850. The summed E-state index contributed by atoms with van der Waals surface area (Å²) in [6.45, 7) is 2.12. The fraction of sp³-hybridized carbons (Fsp3) is 0.375. The number of hydrogen-bond donors (Lipinski definition) is 1. The Hall–Kier alpha value is -2.34. The smallest absolute Gasteiger partial charge is 0.323 e. The minimum atomic E-state index is -1.05. The predicted octanol–water partition coefficient (Wildman–Crippen LogP) is 2.52. The number of furan rings is 1. The maximum atomic E-state index is 12.6. The zero-order chi connectivity index (χ0) is 16.1. The summed E-state index contributed by atoms with van der Waals surface area (Å²) in [5.74, 6) is -1.32. The summed E-state index contributed by atoms with van der Waals surface area (Å²) in [6.07, 6.45) is 0.666. The van der Waals surface area contributed by atoms with Crippen molar-refractivity contribution in [2.24, 2.45) is 0 Å². The lowest BCUT2D eigenvalue weighted by atomic mass is 10.1. The molecule has 0 saturated heterocycles. The van der Waals surface area contributed by atoms with E-state index >= 15 is 0 Å². The largest absolute Gasteiger partial charge is 0.480 e. The Balaban J connectivity index is 2.44. The molecule has 1 amide bonds. The van der Waals surface area contributed by atoms with Gasteiger partial charge in [-0.2, -0.15) is 0 Å². The second kappa shape index (κ2) is 7.09. The number of methoxy groups -OCH3 is 1. The van der Waals surface area contributed by atoms with Crippen LogP contribution in [0.5, 0.6) is 0 Å². The van der Waals surface area contributed by atoms with Gasteiger partial charge in [0.1, 0.15) is 12.1 Å². The molecule has 118 valence electrons. The molecule has 0 unspecified atom stereocenters. The number of fused-ring (bicyclic) bond motifs is 1. The molecular weight excluding hydrogens is 286 g/mol. The number of hydrogen-bond acceptors (Lipinski definition) is 4. The van der Waals surface area contributed by atoms with Gasteiger partial charge >= 0.3 is 5.97 Å². The van der Waals surface area contributed by atoms with E-state index in [4.69, 9.17) is 14.3 Å². The van der Waals surface area contributed by atoms with Gasteiger partial charge in [-0.25, -0.2) is 0 Å².